The molecule has 1 rings (SSSR count). The molecule has 0 spiro atoms. The van der Waals surface area contributed by atoms with Gasteiger partial charge in [-0.1, -0.05) is 12.8 Å². The van der Waals surface area contributed by atoms with Crippen molar-refractivity contribution in [2.45, 2.75) is 37.8 Å². The van der Waals surface area contributed by atoms with Gasteiger partial charge in [-0.2, -0.15) is 0 Å². The molecule has 0 aromatic rings. The Morgan fingerprint density at radius 3 is 2.69 bits per heavy atom. The van der Waals surface area contributed by atoms with Gasteiger partial charge >= 0.3 is 0 Å². The van der Waals surface area contributed by atoms with Crippen LogP contribution in [0.3, 0.4) is 0 Å². The van der Waals surface area contributed by atoms with Gasteiger partial charge in [0.1, 0.15) is 0 Å². The summed E-state index contributed by atoms with van der Waals surface area (Å²) in [4.78, 5) is 12.5. The molecule has 1 aliphatic rings. The van der Waals surface area contributed by atoms with Gasteiger partial charge in [0.25, 0.3) is 0 Å². The van der Waals surface area contributed by atoms with E-state index in [1.807, 2.05) is 11.9 Å². The summed E-state index contributed by atoms with van der Waals surface area (Å²) in [5.74, 6) is -0.333. The first-order valence-corrected chi connectivity index (χ1v) is 4.78. The van der Waals surface area contributed by atoms with Gasteiger partial charge in [0, 0.05) is 6.04 Å². The van der Waals surface area contributed by atoms with Gasteiger partial charge < -0.3 is 10.8 Å². The largest absolute Gasteiger partial charge is 0.391 e. The van der Waals surface area contributed by atoms with Gasteiger partial charge in [0.2, 0.25) is 5.91 Å². The van der Waals surface area contributed by atoms with E-state index in [0.717, 1.165) is 25.7 Å². The van der Waals surface area contributed by atoms with Crippen LogP contribution in [0.2, 0.25) is 0 Å². The van der Waals surface area contributed by atoms with Gasteiger partial charge in [-0.15, -0.1) is 0 Å². The average Bonchev–Trinajstić information content (AvgIpc) is 2.03. The second kappa shape index (κ2) is 4.58. The quantitative estimate of drug-likeness (QED) is 0.636. The fourth-order valence-electron chi connectivity index (χ4n) is 1.97. The minimum atomic E-state index is -0.333. The predicted octanol–water partition coefficient (Wildman–Crippen LogP) is -0.293. The van der Waals surface area contributed by atoms with Gasteiger partial charge in [0.15, 0.2) is 0 Å². The van der Waals surface area contributed by atoms with E-state index in [0.29, 0.717) is 0 Å². The van der Waals surface area contributed by atoms with Crippen molar-refractivity contribution in [3.8, 4) is 0 Å². The lowest BCUT2D eigenvalue weighted by Crippen LogP contribution is -2.46. The summed E-state index contributed by atoms with van der Waals surface area (Å²) in [6.07, 6.45) is 3.73. The molecule has 0 saturated heterocycles. The van der Waals surface area contributed by atoms with Crippen LogP contribution in [0, 0.1) is 0 Å². The number of hydrogen-bond donors (Lipinski definition) is 2. The van der Waals surface area contributed by atoms with Crippen LogP contribution in [0.5, 0.6) is 0 Å². The normalized spacial score (nSPS) is 29.2. The highest BCUT2D eigenvalue weighted by molar-refractivity contribution is 5.75. The third kappa shape index (κ3) is 2.97. The van der Waals surface area contributed by atoms with Crippen LogP contribution in [0.1, 0.15) is 25.7 Å². The molecule has 2 atom stereocenters. The second-order valence-corrected chi connectivity index (χ2v) is 3.80. The summed E-state index contributed by atoms with van der Waals surface area (Å²) < 4.78 is 0. The molecule has 13 heavy (non-hydrogen) atoms. The molecule has 1 fully saturated rings. The zero-order chi connectivity index (χ0) is 9.84. The molecule has 0 radical (unpaired) electrons. The molecule has 76 valence electrons. The molecular formula is C9H18N2O2. The van der Waals surface area contributed by atoms with Gasteiger partial charge in [-0.3, -0.25) is 9.69 Å². The van der Waals surface area contributed by atoms with Crippen LogP contribution < -0.4 is 5.73 Å². The SMILES string of the molecule is CN(CC(N)=O)[C@@H]1CCCC[C@H]1O. The number of nitrogens with zero attached hydrogens (tertiary/aromatic N) is 1. The Hall–Kier alpha value is -0.610. The average molecular weight is 186 g/mol. The zero-order valence-electron chi connectivity index (χ0n) is 8.07. The first-order chi connectivity index (χ1) is 6.11. The standard InChI is InChI=1S/C9H18N2O2/c1-11(6-9(10)13)7-4-2-3-5-8(7)12/h7-8,12H,2-6H2,1H3,(H2,10,13)/t7-,8-/m1/s1. The van der Waals surface area contributed by atoms with Crippen molar-refractivity contribution in [1.82, 2.24) is 4.90 Å². The Balaban J connectivity index is 2.43. The molecule has 4 nitrogen and oxygen atoms in total. The van der Waals surface area contributed by atoms with E-state index < -0.39 is 0 Å². The highest BCUT2D eigenvalue weighted by atomic mass is 16.3. The summed E-state index contributed by atoms with van der Waals surface area (Å²) in [5.41, 5.74) is 5.08. The lowest BCUT2D eigenvalue weighted by atomic mass is 9.91. The van der Waals surface area contributed by atoms with Crippen molar-refractivity contribution in [1.29, 1.82) is 0 Å². The van der Waals surface area contributed by atoms with E-state index in [2.05, 4.69) is 0 Å². The van der Waals surface area contributed by atoms with Crippen LogP contribution >= 0.6 is 0 Å². The minimum absolute atomic E-state index is 0.112. The van der Waals surface area contributed by atoms with Crippen molar-refractivity contribution in [3.05, 3.63) is 0 Å². The maximum atomic E-state index is 10.7. The lowest BCUT2D eigenvalue weighted by Gasteiger charge is -2.34. The van der Waals surface area contributed by atoms with Crippen LogP contribution in [-0.4, -0.2) is 41.7 Å². The van der Waals surface area contributed by atoms with Crippen LogP contribution in [0.4, 0.5) is 0 Å². The molecule has 0 aliphatic heterocycles. The Morgan fingerprint density at radius 1 is 1.54 bits per heavy atom. The Morgan fingerprint density at radius 2 is 2.15 bits per heavy atom. The summed E-state index contributed by atoms with van der Waals surface area (Å²) >= 11 is 0. The van der Waals surface area contributed by atoms with Crippen molar-refractivity contribution in [2.24, 2.45) is 5.73 Å². The molecule has 0 unspecified atom stereocenters. The molecular weight excluding hydrogens is 168 g/mol. The fourth-order valence-corrected chi connectivity index (χ4v) is 1.97. The van der Waals surface area contributed by atoms with Gasteiger partial charge in [0.05, 0.1) is 12.6 Å². The van der Waals surface area contributed by atoms with E-state index in [1.54, 1.807) is 0 Å². The number of nitrogens with two attached hydrogens (primary N) is 1. The number of aliphatic hydroxyl groups is 1. The molecule has 0 aromatic heterocycles. The number of amides is 1. The van der Waals surface area contributed by atoms with Crippen molar-refractivity contribution in [2.75, 3.05) is 13.6 Å². The molecule has 4 heteroatoms. The van der Waals surface area contributed by atoms with Crippen LogP contribution in [0.25, 0.3) is 0 Å². The van der Waals surface area contributed by atoms with Gasteiger partial charge in [-0.05, 0) is 19.9 Å². The zero-order valence-corrected chi connectivity index (χ0v) is 8.07. The maximum absolute atomic E-state index is 10.7. The van der Waals surface area contributed by atoms with Crippen molar-refractivity contribution in [3.63, 3.8) is 0 Å². The van der Waals surface area contributed by atoms with Gasteiger partial charge in [-0.25, -0.2) is 0 Å². The molecule has 1 amide bonds. The number of carbonyl (C=O) groups excluding carboxylic acids is 1. The molecule has 1 aliphatic carbocycles. The van der Waals surface area contributed by atoms with E-state index in [-0.39, 0.29) is 24.6 Å². The molecule has 0 heterocycles. The number of primary amides is 1. The number of aliphatic hydroxyl groups excluding tert-OH is 1. The first kappa shape index (κ1) is 10.5. The summed E-state index contributed by atoms with van der Waals surface area (Å²) in [7, 11) is 1.84. The topological polar surface area (TPSA) is 66.6 Å². The van der Waals surface area contributed by atoms with Crippen molar-refractivity contribution < 1.29 is 9.90 Å². The summed E-state index contributed by atoms with van der Waals surface area (Å²) in [5, 5.41) is 9.66. The Bertz CT molecular complexity index is 184. The van der Waals surface area contributed by atoms with E-state index in [1.165, 1.54) is 0 Å². The molecule has 0 aromatic carbocycles. The van der Waals surface area contributed by atoms with Crippen LogP contribution in [-0.2, 0) is 4.79 Å². The first-order valence-electron chi connectivity index (χ1n) is 4.78. The monoisotopic (exact) mass is 186 g/mol. The molecule has 1 saturated carbocycles. The summed E-state index contributed by atoms with van der Waals surface area (Å²) in [6, 6.07) is 0.112. The fraction of sp³-hybridized carbons (Fsp3) is 0.889. The Kier molecular flexibility index (Phi) is 3.69. The number of likely N-dealkylation sites (N-methyl/N-ethyl adjacent to an activating group) is 1. The minimum Gasteiger partial charge on any atom is -0.391 e. The highest BCUT2D eigenvalue weighted by Gasteiger charge is 2.26. The maximum Gasteiger partial charge on any atom is 0.231 e. The lowest BCUT2D eigenvalue weighted by molar-refractivity contribution is -0.120. The number of carbonyl (C=O) groups is 1. The third-order valence-corrected chi connectivity index (χ3v) is 2.67. The van der Waals surface area contributed by atoms with Crippen LogP contribution in [0.15, 0.2) is 0 Å². The summed E-state index contributed by atoms with van der Waals surface area (Å²) in [6.45, 7) is 0.238. The van der Waals surface area contributed by atoms with E-state index in [9.17, 15) is 9.90 Å². The number of hydrogen-bond acceptors (Lipinski definition) is 3. The molecule has 3 N–H and O–H groups in total. The smallest absolute Gasteiger partial charge is 0.231 e. The molecule has 0 bridgehead atoms. The Labute approximate surface area is 78.7 Å². The van der Waals surface area contributed by atoms with Crippen molar-refractivity contribution >= 4 is 5.91 Å². The number of rotatable bonds is 3. The third-order valence-electron chi connectivity index (χ3n) is 2.67. The highest BCUT2D eigenvalue weighted by Crippen LogP contribution is 2.21. The predicted molar refractivity (Wildman–Crippen MR) is 50.1 cm³/mol. The van der Waals surface area contributed by atoms with E-state index >= 15 is 0 Å². The second-order valence-electron chi connectivity index (χ2n) is 3.80. The van der Waals surface area contributed by atoms with E-state index in [4.69, 9.17) is 5.73 Å².